The lowest BCUT2D eigenvalue weighted by atomic mass is 10.0. The summed E-state index contributed by atoms with van der Waals surface area (Å²) in [6.45, 7) is 3.58. The van der Waals surface area contributed by atoms with Gasteiger partial charge in [-0.05, 0) is 32.1 Å². The molecule has 3 aliphatic rings. The first-order chi connectivity index (χ1) is 9.77. The van der Waals surface area contributed by atoms with Gasteiger partial charge in [0.1, 0.15) is 0 Å². The molecule has 3 saturated heterocycles. The largest absolute Gasteiger partial charge is 0.378 e. The van der Waals surface area contributed by atoms with E-state index in [-0.39, 0.29) is 12.0 Å². The number of carbonyl (C=O) groups is 1. The van der Waals surface area contributed by atoms with Crippen molar-refractivity contribution in [1.29, 1.82) is 0 Å². The van der Waals surface area contributed by atoms with Crippen LogP contribution in [0.4, 0.5) is 0 Å². The van der Waals surface area contributed by atoms with Crippen LogP contribution >= 0.6 is 0 Å². The summed E-state index contributed by atoms with van der Waals surface area (Å²) >= 11 is 0. The number of hydrogen-bond donors (Lipinski definition) is 0. The van der Waals surface area contributed by atoms with Crippen molar-refractivity contribution in [1.82, 2.24) is 4.90 Å². The molecule has 1 unspecified atom stereocenters. The van der Waals surface area contributed by atoms with Gasteiger partial charge in [0, 0.05) is 26.0 Å². The second-order valence-electron chi connectivity index (χ2n) is 6.05. The Morgan fingerprint density at radius 1 is 1.15 bits per heavy atom. The lowest BCUT2D eigenvalue weighted by molar-refractivity contribution is -0.193. The van der Waals surface area contributed by atoms with Gasteiger partial charge < -0.3 is 19.1 Å². The third kappa shape index (κ3) is 3.32. The van der Waals surface area contributed by atoms with Gasteiger partial charge >= 0.3 is 0 Å². The Balaban J connectivity index is 1.46. The molecule has 114 valence electrons. The SMILES string of the molecule is O=C(CCC1CCCCO1)N1CCCC2(C1)OCCO2. The zero-order valence-corrected chi connectivity index (χ0v) is 12.1. The number of amides is 1. The summed E-state index contributed by atoms with van der Waals surface area (Å²) in [5.74, 6) is -0.285. The molecule has 20 heavy (non-hydrogen) atoms. The zero-order valence-electron chi connectivity index (χ0n) is 12.1. The van der Waals surface area contributed by atoms with Crippen molar-refractivity contribution in [2.45, 2.75) is 56.8 Å². The van der Waals surface area contributed by atoms with Crippen LogP contribution < -0.4 is 0 Å². The minimum Gasteiger partial charge on any atom is -0.378 e. The van der Waals surface area contributed by atoms with Gasteiger partial charge in [0.25, 0.3) is 0 Å². The molecule has 0 bridgehead atoms. The van der Waals surface area contributed by atoms with Gasteiger partial charge in [-0.3, -0.25) is 4.79 Å². The monoisotopic (exact) mass is 283 g/mol. The van der Waals surface area contributed by atoms with Gasteiger partial charge in [-0.1, -0.05) is 0 Å². The first kappa shape index (κ1) is 14.3. The Morgan fingerprint density at radius 3 is 2.75 bits per heavy atom. The van der Waals surface area contributed by atoms with Gasteiger partial charge in [-0.25, -0.2) is 0 Å². The number of likely N-dealkylation sites (tertiary alicyclic amines) is 1. The van der Waals surface area contributed by atoms with E-state index in [4.69, 9.17) is 14.2 Å². The highest BCUT2D eigenvalue weighted by Gasteiger charge is 2.41. The van der Waals surface area contributed by atoms with Crippen LogP contribution in [0.5, 0.6) is 0 Å². The third-order valence-corrected chi connectivity index (χ3v) is 4.54. The summed E-state index contributed by atoms with van der Waals surface area (Å²) in [5, 5.41) is 0. The molecule has 5 nitrogen and oxygen atoms in total. The molecule has 0 N–H and O–H groups in total. The quantitative estimate of drug-likeness (QED) is 0.791. The van der Waals surface area contributed by atoms with Crippen molar-refractivity contribution in [2.24, 2.45) is 0 Å². The summed E-state index contributed by atoms with van der Waals surface area (Å²) in [6, 6.07) is 0. The molecule has 0 aromatic carbocycles. The van der Waals surface area contributed by atoms with Crippen LogP contribution in [0.15, 0.2) is 0 Å². The van der Waals surface area contributed by atoms with Crippen molar-refractivity contribution in [3.8, 4) is 0 Å². The van der Waals surface area contributed by atoms with Gasteiger partial charge in [0.05, 0.1) is 25.9 Å². The number of nitrogens with zero attached hydrogens (tertiary/aromatic N) is 1. The van der Waals surface area contributed by atoms with Crippen molar-refractivity contribution >= 4 is 5.91 Å². The fourth-order valence-electron chi connectivity index (χ4n) is 3.41. The van der Waals surface area contributed by atoms with Crippen LogP contribution in [-0.2, 0) is 19.0 Å². The summed E-state index contributed by atoms with van der Waals surface area (Å²) < 4.78 is 17.1. The maximum absolute atomic E-state index is 12.3. The summed E-state index contributed by atoms with van der Waals surface area (Å²) in [5.41, 5.74) is 0. The Hall–Kier alpha value is -0.650. The maximum atomic E-state index is 12.3. The van der Waals surface area contributed by atoms with Gasteiger partial charge in [-0.15, -0.1) is 0 Å². The summed E-state index contributed by atoms with van der Waals surface area (Å²) in [6.07, 6.45) is 7.08. The van der Waals surface area contributed by atoms with Crippen LogP contribution in [0.3, 0.4) is 0 Å². The fraction of sp³-hybridized carbons (Fsp3) is 0.933. The van der Waals surface area contributed by atoms with Crippen molar-refractivity contribution in [3.63, 3.8) is 0 Å². The number of hydrogen-bond acceptors (Lipinski definition) is 4. The molecule has 0 aliphatic carbocycles. The average molecular weight is 283 g/mol. The van der Waals surface area contributed by atoms with E-state index < -0.39 is 5.79 Å². The van der Waals surface area contributed by atoms with Crippen molar-refractivity contribution in [2.75, 3.05) is 32.9 Å². The topological polar surface area (TPSA) is 48.0 Å². The van der Waals surface area contributed by atoms with Gasteiger partial charge in [0.15, 0.2) is 5.79 Å². The Bertz CT molecular complexity index is 335. The molecule has 1 spiro atoms. The molecule has 0 aromatic heterocycles. The molecule has 0 saturated carbocycles. The van der Waals surface area contributed by atoms with E-state index >= 15 is 0 Å². The molecule has 1 amide bonds. The Kier molecular flexibility index (Phi) is 4.58. The zero-order chi connectivity index (χ0) is 13.8. The number of carbonyl (C=O) groups excluding carboxylic acids is 1. The first-order valence-corrected chi connectivity index (χ1v) is 7.95. The second-order valence-corrected chi connectivity index (χ2v) is 6.05. The van der Waals surface area contributed by atoms with Crippen LogP contribution in [0.25, 0.3) is 0 Å². The molecule has 3 aliphatic heterocycles. The third-order valence-electron chi connectivity index (χ3n) is 4.54. The molecule has 3 rings (SSSR count). The first-order valence-electron chi connectivity index (χ1n) is 7.95. The van der Waals surface area contributed by atoms with Crippen LogP contribution in [0.2, 0.25) is 0 Å². The highest BCUT2D eigenvalue weighted by Crippen LogP contribution is 2.30. The molecule has 0 aromatic rings. The average Bonchev–Trinajstić information content (AvgIpc) is 2.93. The molecule has 0 radical (unpaired) electrons. The standard InChI is InChI=1S/C15H25NO4/c17-14(6-5-13-4-1-2-9-18-13)16-8-3-7-15(12-16)19-10-11-20-15/h13H,1-12H2. The highest BCUT2D eigenvalue weighted by molar-refractivity contribution is 5.76. The molecular formula is C15H25NO4. The summed E-state index contributed by atoms with van der Waals surface area (Å²) in [4.78, 5) is 14.3. The molecule has 5 heteroatoms. The Labute approximate surface area is 120 Å². The van der Waals surface area contributed by atoms with E-state index in [0.29, 0.717) is 26.2 Å². The fourth-order valence-corrected chi connectivity index (χ4v) is 3.41. The number of ether oxygens (including phenoxy) is 3. The van der Waals surface area contributed by atoms with E-state index in [1.807, 2.05) is 4.90 Å². The smallest absolute Gasteiger partial charge is 0.222 e. The van der Waals surface area contributed by atoms with Crippen LogP contribution in [0.1, 0.15) is 44.9 Å². The van der Waals surface area contributed by atoms with Crippen molar-refractivity contribution < 1.29 is 19.0 Å². The lowest BCUT2D eigenvalue weighted by Crippen LogP contribution is -2.51. The lowest BCUT2D eigenvalue weighted by Gasteiger charge is -2.38. The predicted octanol–water partition coefficient (Wildman–Crippen LogP) is 1.70. The van der Waals surface area contributed by atoms with E-state index in [9.17, 15) is 4.79 Å². The van der Waals surface area contributed by atoms with Crippen LogP contribution in [-0.4, -0.2) is 55.6 Å². The minimum atomic E-state index is -0.505. The summed E-state index contributed by atoms with van der Waals surface area (Å²) in [7, 11) is 0. The maximum Gasteiger partial charge on any atom is 0.222 e. The van der Waals surface area contributed by atoms with E-state index in [1.165, 1.54) is 6.42 Å². The highest BCUT2D eigenvalue weighted by atomic mass is 16.7. The van der Waals surface area contributed by atoms with Crippen molar-refractivity contribution in [3.05, 3.63) is 0 Å². The number of rotatable bonds is 3. The van der Waals surface area contributed by atoms with Crippen LogP contribution in [0, 0.1) is 0 Å². The molecule has 3 fully saturated rings. The molecular weight excluding hydrogens is 258 g/mol. The van der Waals surface area contributed by atoms with E-state index in [0.717, 1.165) is 45.3 Å². The Morgan fingerprint density at radius 2 is 2.00 bits per heavy atom. The molecule has 3 heterocycles. The predicted molar refractivity (Wildman–Crippen MR) is 73.3 cm³/mol. The van der Waals surface area contributed by atoms with Gasteiger partial charge in [-0.2, -0.15) is 0 Å². The second kappa shape index (κ2) is 6.41. The van der Waals surface area contributed by atoms with E-state index in [1.54, 1.807) is 0 Å². The van der Waals surface area contributed by atoms with E-state index in [2.05, 4.69) is 0 Å². The normalized spacial score (nSPS) is 29.8. The van der Waals surface area contributed by atoms with Gasteiger partial charge in [0.2, 0.25) is 5.91 Å². The molecule has 1 atom stereocenters. The minimum absolute atomic E-state index is 0.220. The number of piperidine rings is 1.